The van der Waals surface area contributed by atoms with Crippen molar-refractivity contribution in [3.63, 3.8) is 0 Å². The minimum Gasteiger partial charge on any atom is -0.381 e. The molecule has 2 heterocycles. The number of thiazole rings is 1. The number of hydrogen-bond donors (Lipinski definition) is 2. The van der Waals surface area contributed by atoms with Crippen molar-refractivity contribution in [2.24, 2.45) is 11.1 Å². The van der Waals surface area contributed by atoms with Gasteiger partial charge in [-0.05, 0) is 19.3 Å². The number of rotatable bonds is 5. The van der Waals surface area contributed by atoms with Crippen molar-refractivity contribution in [2.75, 3.05) is 19.8 Å². The van der Waals surface area contributed by atoms with Crippen LogP contribution in [0.4, 0.5) is 0 Å². The standard InChI is InChI=1S/C13H21N3O2S.2ClH/c1-2-11-16-10(8-19-11)7-15-12(17)13(9-14)3-5-18-6-4-13;;/h8H,2-7,9,14H2,1H3,(H,15,17);2*1H. The topological polar surface area (TPSA) is 77.2 Å². The van der Waals surface area contributed by atoms with E-state index in [4.69, 9.17) is 10.5 Å². The normalized spacial score (nSPS) is 16.5. The lowest BCUT2D eigenvalue weighted by atomic mass is 9.79. The Labute approximate surface area is 141 Å². The van der Waals surface area contributed by atoms with Gasteiger partial charge in [-0.2, -0.15) is 0 Å². The maximum atomic E-state index is 12.3. The predicted octanol–water partition coefficient (Wildman–Crippen LogP) is 1.92. The molecule has 1 aliphatic rings. The molecule has 1 saturated heterocycles. The van der Waals surface area contributed by atoms with Crippen LogP contribution in [0.3, 0.4) is 0 Å². The van der Waals surface area contributed by atoms with Crippen molar-refractivity contribution in [3.05, 3.63) is 16.1 Å². The van der Waals surface area contributed by atoms with Crippen molar-refractivity contribution in [3.8, 4) is 0 Å². The molecule has 0 unspecified atom stereocenters. The van der Waals surface area contributed by atoms with Gasteiger partial charge in [-0.3, -0.25) is 4.79 Å². The van der Waals surface area contributed by atoms with E-state index < -0.39 is 5.41 Å². The number of ether oxygens (including phenoxy) is 1. The molecule has 5 nitrogen and oxygen atoms in total. The van der Waals surface area contributed by atoms with Gasteiger partial charge in [-0.25, -0.2) is 4.98 Å². The second-order valence-corrected chi connectivity index (χ2v) is 5.81. The van der Waals surface area contributed by atoms with E-state index in [0.717, 1.165) is 17.1 Å². The van der Waals surface area contributed by atoms with Gasteiger partial charge < -0.3 is 15.8 Å². The van der Waals surface area contributed by atoms with E-state index in [0.29, 0.717) is 39.1 Å². The molecule has 1 amide bonds. The molecule has 1 aliphatic heterocycles. The fraction of sp³-hybridized carbons (Fsp3) is 0.692. The van der Waals surface area contributed by atoms with Crippen LogP contribution in [0.5, 0.6) is 0 Å². The van der Waals surface area contributed by atoms with E-state index in [9.17, 15) is 4.79 Å². The molecular formula is C13H23Cl2N3O2S. The molecule has 2 rings (SSSR count). The molecule has 0 bridgehead atoms. The zero-order valence-corrected chi connectivity index (χ0v) is 14.5. The Hall–Kier alpha value is -0.400. The summed E-state index contributed by atoms with van der Waals surface area (Å²) in [6.07, 6.45) is 2.34. The SMILES string of the molecule is CCc1nc(CNC(=O)C2(CN)CCOCC2)cs1.Cl.Cl. The minimum absolute atomic E-state index is 0. The Morgan fingerprint density at radius 2 is 2.14 bits per heavy atom. The van der Waals surface area contributed by atoms with Crippen molar-refractivity contribution in [1.29, 1.82) is 0 Å². The summed E-state index contributed by atoms with van der Waals surface area (Å²) in [5.41, 5.74) is 6.27. The van der Waals surface area contributed by atoms with Crippen LogP contribution in [0.1, 0.15) is 30.5 Å². The lowest BCUT2D eigenvalue weighted by Crippen LogP contribution is -2.49. The van der Waals surface area contributed by atoms with Crippen LogP contribution in [0.25, 0.3) is 0 Å². The third kappa shape index (κ3) is 5.07. The smallest absolute Gasteiger partial charge is 0.227 e. The minimum atomic E-state index is -0.456. The van der Waals surface area contributed by atoms with Gasteiger partial charge in [-0.1, -0.05) is 6.92 Å². The van der Waals surface area contributed by atoms with E-state index in [-0.39, 0.29) is 30.7 Å². The predicted molar refractivity (Wildman–Crippen MR) is 89.4 cm³/mol. The van der Waals surface area contributed by atoms with Gasteiger partial charge >= 0.3 is 0 Å². The highest BCUT2D eigenvalue weighted by Gasteiger charge is 2.38. The molecule has 0 spiro atoms. The second-order valence-electron chi connectivity index (χ2n) is 4.87. The molecule has 1 aromatic rings. The van der Waals surface area contributed by atoms with Crippen LogP contribution in [0.2, 0.25) is 0 Å². The van der Waals surface area contributed by atoms with Crippen molar-refractivity contribution >= 4 is 42.1 Å². The third-order valence-corrected chi connectivity index (χ3v) is 4.70. The van der Waals surface area contributed by atoms with Crippen molar-refractivity contribution < 1.29 is 9.53 Å². The first-order valence-electron chi connectivity index (χ1n) is 6.69. The van der Waals surface area contributed by atoms with Crippen LogP contribution in [0, 0.1) is 5.41 Å². The maximum Gasteiger partial charge on any atom is 0.227 e. The summed E-state index contributed by atoms with van der Waals surface area (Å²) in [5.74, 6) is 0.0318. The lowest BCUT2D eigenvalue weighted by Gasteiger charge is -2.34. The van der Waals surface area contributed by atoms with Gasteiger partial charge in [0.25, 0.3) is 0 Å². The number of nitrogens with two attached hydrogens (primary N) is 1. The van der Waals surface area contributed by atoms with Gasteiger partial charge in [0.15, 0.2) is 0 Å². The Bertz CT molecular complexity index is 437. The first-order chi connectivity index (χ1) is 9.20. The van der Waals surface area contributed by atoms with E-state index >= 15 is 0 Å². The number of halogens is 2. The molecule has 0 atom stereocenters. The zero-order chi connectivity index (χ0) is 13.7. The Kier molecular flexibility index (Phi) is 9.40. The number of aryl methyl sites for hydroxylation is 1. The molecule has 3 N–H and O–H groups in total. The number of carbonyl (C=O) groups is 1. The summed E-state index contributed by atoms with van der Waals surface area (Å²) in [5, 5.41) is 6.07. The average Bonchev–Trinajstić information content (AvgIpc) is 2.93. The van der Waals surface area contributed by atoms with Crippen LogP contribution < -0.4 is 11.1 Å². The molecule has 1 aromatic heterocycles. The van der Waals surface area contributed by atoms with Crippen molar-refractivity contribution in [2.45, 2.75) is 32.7 Å². The third-order valence-electron chi connectivity index (χ3n) is 3.65. The average molecular weight is 356 g/mol. The van der Waals surface area contributed by atoms with Gasteiger partial charge in [0.1, 0.15) is 0 Å². The molecule has 1 fully saturated rings. The summed E-state index contributed by atoms with van der Waals surface area (Å²) in [6.45, 7) is 4.16. The maximum absolute atomic E-state index is 12.3. The lowest BCUT2D eigenvalue weighted by molar-refractivity contribution is -0.136. The first-order valence-corrected chi connectivity index (χ1v) is 7.57. The number of nitrogens with zero attached hydrogens (tertiary/aromatic N) is 1. The van der Waals surface area contributed by atoms with Gasteiger partial charge in [0.2, 0.25) is 5.91 Å². The molecular weight excluding hydrogens is 333 g/mol. The van der Waals surface area contributed by atoms with Gasteiger partial charge in [0.05, 0.1) is 22.7 Å². The Balaban J connectivity index is 0.00000200. The Morgan fingerprint density at radius 3 is 2.67 bits per heavy atom. The van der Waals surface area contributed by atoms with E-state index in [1.54, 1.807) is 11.3 Å². The molecule has 21 heavy (non-hydrogen) atoms. The monoisotopic (exact) mass is 355 g/mol. The van der Waals surface area contributed by atoms with E-state index in [1.807, 2.05) is 5.38 Å². The van der Waals surface area contributed by atoms with Crippen LogP contribution in [-0.4, -0.2) is 30.6 Å². The summed E-state index contributed by atoms with van der Waals surface area (Å²) < 4.78 is 5.31. The van der Waals surface area contributed by atoms with Gasteiger partial charge in [0, 0.05) is 25.1 Å². The summed E-state index contributed by atoms with van der Waals surface area (Å²) in [4.78, 5) is 16.8. The first kappa shape index (κ1) is 20.6. The molecule has 8 heteroatoms. The second kappa shape index (κ2) is 9.58. The zero-order valence-electron chi connectivity index (χ0n) is 12.1. The summed E-state index contributed by atoms with van der Waals surface area (Å²) >= 11 is 1.63. The van der Waals surface area contributed by atoms with Crippen LogP contribution in [-0.2, 0) is 22.5 Å². The summed E-state index contributed by atoms with van der Waals surface area (Å²) in [7, 11) is 0. The van der Waals surface area contributed by atoms with E-state index in [2.05, 4.69) is 17.2 Å². The highest BCUT2D eigenvalue weighted by molar-refractivity contribution is 7.09. The molecule has 0 aromatic carbocycles. The molecule has 0 radical (unpaired) electrons. The largest absolute Gasteiger partial charge is 0.381 e. The molecule has 122 valence electrons. The number of amides is 1. The Morgan fingerprint density at radius 1 is 1.48 bits per heavy atom. The van der Waals surface area contributed by atoms with Crippen LogP contribution in [0.15, 0.2) is 5.38 Å². The molecule has 0 saturated carbocycles. The van der Waals surface area contributed by atoms with Crippen LogP contribution >= 0.6 is 36.2 Å². The highest BCUT2D eigenvalue weighted by atomic mass is 35.5. The number of aromatic nitrogens is 1. The van der Waals surface area contributed by atoms with Crippen molar-refractivity contribution in [1.82, 2.24) is 10.3 Å². The number of hydrogen-bond acceptors (Lipinski definition) is 5. The quantitative estimate of drug-likeness (QED) is 0.845. The summed E-state index contributed by atoms with van der Waals surface area (Å²) in [6, 6.07) is 0. The van der Waals surface area contributed by atoms with E-state index in [1.165, 1.54) is 0 Å². The fourth-order valence-corrected chi connectivity index (χ4v) is 2.98. The molecule has 0 aliphatic carbocycles. The fourth-order valence-electron chi connectivity index (χ4n) is 2.24. The highest BCUT2D eigenvalue weighted by Crippen LogP contribution is 2.29. The number of carbonyl (C=O) groups excluding carboxylic acids is 1. The van der Waals surface area contributed by atoms with Gasteiger partial charge in [-0.15, -0.1) is 36.2 Å². The number of nitrogens with one attached hydrogen (secondary N) is 1.